The number of likely N-dealkylation sites (tertiary alicyclic amines) is 1. The molecule has 14 heteroatoms. The maximum atomic E-state index is 15.2. The molecule has 3 aliphatic heterocycles. The number of nitrogens with one attached hydrogen (secondary N) is 1. The number of esters is 1. The topological polar surface area (TPSA) is 156 Å². The van der Waals surface area contributed by atoms with E-state index in [4.69, 9.17) is 9.47 Å². The SMILES string of the molecule is C=CCCC(=O)OC[C@@H](NC(=O)[C@@H]1[C@H]2O[C@@]3(CC2Br)[C@H](C(=O)N(CC=C)Cn2nnc4ccccc42)N([C@@H](CO)Cc2ccccc2)C(=O)[C@@H]13)c1ccccc1. The van der Waals surface area contributed by atoms with Crippen molar-refractivity contribution in [3.63, 3.8) is 0 Å². The van der Waals surface area contributed by atoms with Gasteiger partial charge in [0.25, 0.3) is 0 Å². The van der Waals surface area contributed by atoms with Crippen LogP contribution in [0.5, 0.6) is 0 Å². The Morgan fingerprint density at radius 3 is 2.48 bits per heavy atom. The van der Waals surface area contributed by atoms with Gasteiger partial charge in [0.05, 0.1) is 42.1 Å². The first-order valence-corrected chi connectivity index (χ1v) is 19.7. The number of alkyl halides is 1. The standard InChI is InChI=1S/C42H45BrN6O7/c1-3-5-20-34(51)55-25-32(28-16-10-7-11-17-28)44-39(52)35-36-40(53)49(29(24-50)22-27-14-8-6-9-15-27)38(42(36)23-30(43)37(35)56-42)41(54)47(21-4-2)26-48-33-19-13-12-18-31(33)45-46-48/h3-4,6-19,29-30,32,35-38,50H,1-2,5,20-26H2,(H,44,52)/t29-,30?,32-,35+,36-,37+,38+,42-/m1/s1. The molecule has 4 heterocycles. The second kappa shape index (κ2) is 16.9. The lowest BCUT2D eigenvalue weighted by molar-refractivity contribution is -0.152. The summed E-state index contributed by atoms with van der Waals surface area (Å²) in [7, 11) is 0. The minimum absolute atomic E-state index is 0.00246. The molecule has 13 nitrogen and oxygen atoms in total. The monoisotopic (exact) mass is 824 g/mol. The Kier molecular flexibility index (Phi) is 11.8. The van der Waals surface area contributed by atoms with E-state index < -0.39 is 72.0 Å². The van der Waals surface area contributed by atoms with Gasteiger partial charge in [0, 0.05) is 17.8 Å². The number of allylic oxidation sites excluding steroid dienone is 1. The molecule has 3 saturated heterocycles. The Labute approximate surface area is 333 Å². The van der Waals surface area contributed by atoms with E-state index in [1.54, 1.807) is 21.7 Å². The summed E-state index contributed by atoms with van der Waals surface area (Å²) in [5, 5.41) is 22.6. The number of carbonyl (C=O) groups excluding carboxylic acids is 4. The number of carbonyl (C=O) groups is 4. The molecule has 1 spiro atoms. The molecule has 0 radical (unpaired) electrons. The number of benzene rings is 3. The van der Waals surface area contributed by atoms with Gasteiger partial charge in [-0.15, -0.1) is 18.3 Å². The molecule has 1 aromatic heterocycles. The van der Waals surface area contributed by atoms with Crippen molar-refractivity contribution < 1.29 is 33.8 Å². The van der Waals surface area contributed by atoms with E-state index in [0.29, 0.717) is 17.5 Å². The fraction of sp³-hybridized carbons (Fsp3) is 0.381. The summed E-state index contributed by atoms with van der Waals surface area (Å²) in [6.07, 6.45) is 3.62. The molecule has 56 heavy (non-hydrogen) atoms. The Morgan fingerprint density at radius 1 is 1.05 bits per heavy atom. The van der Waals surface area contributed by atoms with Crippen LogP contribution in [-0.4, -0.2) is 102 Å². The zero-order valence-electron chi connectivity index (χ0n) is 30.9. The molecule has 3 amide bonds. The maximum Gasteiger partial charge on any atom is 0.306 e. The predicted octanol–water partition coefficient (Wildman–Crippen LogP) is 4.12. The molecule has 7 rings (SSSR count). The molecule has 2 N–H and O–H groups in total. The highest BCUT2D eigenvalue weighted by Crippen LogP contribution is 2.60. The largest absolute Gasteiger partial charge is 0.463 e. The number of fused-ring (bicyclic) bond motifs is 2. The lowest BCUT2D eigenvalue weighted by atomic mass is 9.70. The summed E-state index contributed by atoms with van der Waals surface area (Å²) < 4.78 is 14.0. The van der Waals surface area contributed by atoms with Crippen LogP contribution in [0.15, 0.2) is 110 Å². The third-order valence-electron chi connectivity index (χ3n) is 11.1. The Hall–Kier alpha value is -5.18. The first kappa shape index (κ1) is 39.1. The van der Waals surface area contributed by atoms with Crippen LogP contribution >= 0.6 is 15.9 Å². The molecule has 3 fully saturated rings. The van der Waals surface area contributed by atoms with Crippen molar-refractivity contribution in [2.45, 2.75) is 67.0 Å². The number of ether oxygens (including phenoxy) is 2. The Bertz CT molecular complexity index is 2080. The number of hydrogen-bond acceptors (Lipinski definition) is 9. The highest BCUT2D eigenvalue weighted by Gasteiger charge is 2.77. The first-order chi connectivity index (χ1) is 27.2. The van der Waals surface area contributed by atoms with E-state index in [1.807, 2.05) is 84.9 Å². The second-order valence-corrected chi connectivity index (χ2v) is 15.7. The van der Waals surface area contributed by atoms with E-state index in [0.717, 1.165) is 11.1 Å². The summed E-state index contributed by atoms with van der Waals surface area (Å²) in [5.41, 5.74) is 1.54. The van der Waals surface area contributed by atoms with Gasteiger partial charge in [0.1, 0.15) is 30.4 Å². The molecule has 4 aromatic rings. The van der Waals surface area contributed by atoms with Crippen LogP contribution in [0.2, 0.25) is 0 Å². The smallest absolute Gasteiger partial charge is 0.306 e. The minimum atomic E-state index is -1.41. The van der Waals surface area contributed by atoms with Crippen molar-refractivity contribution in [3.8, 4) is 0 Å². The fourth-order valence-electron chi connectivity index (χ4n) is 8.55. The number of aromatic nitrogens is 3. The molecular formula is C42H45BrN6O7. The lowest BCUT2D eigenvalue weighted by Gasteiger charge is -2.39. The van der Waals surface area contributed by atoms with Crippen molar-refractivity contribution >= 4 is 50.7 Å². The number of aliphatic hydroxyl groups excluding tert-OH is 1. The number of para-hydroxylation sites is 1. The molecular weight excluding hydrogens is 780 g/mol. The van der Waals surface area contributed by atoms with Crippen LogP contribution in [0.4, 0.5) is 0 Å². The van der Waals surface area contributed by atoms with Gasteiger partial charge in [-0.05, 0) is 42.5 Å². The van der Waals surface area contributed by atoms with E-state index in [-0.39, 0.29) is 43.9 Å². The van der Waals surface area contributed by atoms with Gasteiger partial charge < -0.3 is 29.7 Å². The summed E-state index contributed by atoms with van der Waals surface area (Å²) in [4.78, 5) is 60.1. The fourth-order valence-corrected chi connectivity index (χ4v) is 9.49. The Balaban J connectivity index is 1.25. The summed E-state index contributed by atoms with van der Waals surface area (Å²) >= 11 is 3.76. The van der Waals surface area contributed by atoms with Gasteiger partial charge in [-0.3, -0.25) is 19.2 Å². The minimum Gasteiger partial charge on any atom is -0.463 e. The summed E-state index contributed by atoms with van der Waals surface area (Å²) in [5.74, 6) is -3.83. The van der Waals surface area contributed by atoms with E-state index >= 15 is 9.59 Å². The molecule has 2 bridgehead atoms. The van der Waals surface area contributed by atoms with Gasteiger partial charge in [-0.1, -0.05) is 106 Å². The van der Waals surface area contributed by atoms with Crippen molar-refractivity contribution in [3.05, 3.63) is 121 Å². The van der Waals surface area contributed by atoms with E-state index in [1.165, 1.54) is 4.90 Å². The number of halogens is 1. The van der Waals surface area contributed by atoms with Crippen LogP contribution < -0.4 is 5.32 Å². The van der Waals surface area contributed by atoms with Crippen LogP contribution in [-0.2, 0) is 41.7 Å². The Morgan fingerprint density at radius 2 is 1.77 bits per heavy atom. The molecule has 3 aliphatic rings. The third kappa shape index (κ3) is 7.40. The molecule has 0 aliphatic carbocycles. The second-order valence-electron chi connectivity index (χ2n) is 14.5. The molecule has 1 unspecified atom stereocenters. The number of amides is 3. The van der Waals surface area contributed by atoms with Crippen LogP contribution in [0.1, 0.15) is 36.4 Å². The van der Waals surface area contributed by atoms with Crippen molar-refractivity contribution in [2.24, 2.45) is 11.8 Å². The highest BCUT2D eigenvalue weighted by molar-refractivity contribution is 9.09. The van der Waals surface area contributed by atoms with Gasteiger partial charge in [0.15, 0.2) is 0 Å². The van der Waals surface area contributed by atoms with Crippen LogP contribution in [0.25, 0.3) is 11.0 Å². The van der Waals surface area contributed by atoms with Gasteiger partial charge in [0.2, 0.25) is 17.7 Å². The van der Waals surface area contributed by atoms with Crippen molar-refractivity contribution in [1.29, 1.82) is 0 Å². The molecule has 3 aromatic carbocycles. The van der Waals surface area contributed by atoms with Crippen LogP contribution in [0.3, 0.4) is 0 Å². The van der Waals surface area contributed by atoms with Gasteiger partial charge >= 0.3 is 5.97 Å². The zero-order chi connectivity index (χ0) is 39.4. The van der Waals surface area contributed by atoms with E-state index in [9.17, 15) is 14.7 Å². The third-order valence-corrected chi connectivity index (χ3v) is 11.9. The van der Waals surface area contributed by atoms with Gasteiger partial charge in [-0.25, -0.2) is 4.68 Å². The van der Waals surface area contributed by atoms with Gasteiger partial charge in [-0.2, -0.15) is 0 Å². The average Bonchev–Trinajstić information content (AvgIpc) is 3.94. The number of aliphatic hydroxyl groups is 1. The van der Waals surface area contributed by atoms with Crippen molar-refractivity contribution in [2.75, 3.05) is 19.8 Å². The lowest BCUT2D eigenvalue weighted by Crippen LogP contribution is -2.59. The predicted molar refractivity (Wildman–Crippen MR) is 211 cm³/mol. The quantitative estimate of drug-likeness (QED) is 0.0909. The number of rotatable bonds is 17. The number of nitrogens with zero attached hydrogens (tertiary/aromatic N) is 5. The molecule has 292 valence electrons. The molecule has 0 saturated carbocycles. The maximum absolute atomic E-state index is 15.2. The zero-order valence-corrected chi connectivity index (χ0v) is 32.4. The van der Waals surface area contributed by atoms with Crippen molar-refractivity contribution in [1.82, 2.24) is 30.1 Å². The summed E-state index contributed by atoms with van der Waals surface area (Å²) in [6, 6.07) is 23.2. The highest BCUT2D eigenvalue weighted by atomic mass is 79.9. The normalized spacial score (nSPS) is 24.7. The number of hydrogen-bond donors (Lipinski definition) is 2. The summed E-state index contributed by atoms with van der Waals surface area (Å²) in [6.45, 7) is 7.12. The van der Waals surface area contributed by atoms with Crippen LogP contribution in [0, 0.1) is 11.8 Å². The average molecular weight is 826 g/mol. The first-order valence-electron chi connectivity index (χ1n) is 18.8. The van der Waals surface area contributed by atoms with E-state index in [2.05, 4.69) is 44.7 Å². The molecule has 8 atom stereocenters.